The van der Waals surface area contributed by atoms with Gasteiger partial charge in [0.05, 0.1) is 13.2 Å². The molecule has 0 spiro atoms. The third-order valence-corrected chi connectivity index (χ3v) is 4.14. The van der Waals surface area contributed by atoms with Crippen LogP contribution < -0.4 is 10.1 Å². The SMILES string of the molecule is CCNCc1cc(OCCN2CCOCC2)ccc1Br. The molecular formula is C15H23BrN2O2. The van der Waals surface area contributed by atoms with Crippen LogP contribution in [0.1, 0.15) is 12.5 Å². The van der Waals surface area contributed by atoms with Crippen LogP contribution in [0.25, 0.3) is 0 Å². The summed E-state index contributed by atoms with van der Waals surface area (Å²) in [5, 5.41) is 3.33. The Morgan fingerprint density at radius 3 is 2.90 bits per heavy atom. The van der Waals surface area contributed by atoms with E-state index in [1.54, 1.807) is 0 Å². The molecule has 1 saturated heterocycles. The van der Waals surface area contributed by atoms with Crippen molar-refractivity contribution in [3.63, 3.8) is 0 Å². The Morgan fingerprint density at radius 2 is 2.15 bits per heavy atom. The van der Waals surface area contributed by atoms with E-state index in [9.17, 15) is 0 Å². The molecule has 0 aromatic heterocycles. The summed E-state index contributed by atoms with van der Waals surface area (Å²) in [6.45, 7) is 9.31. The average molecular weight is 343 g/mol. The zero-order valence-electron chi connectivity index (χ0n) is 12.0. The number of nitrogens with one attached hydrogen (secondary N) is 1. The van der Waals surface area contributed by atoms with Gasteiger partial charge in [0, 0.05) is 30.7 Å². The summed E-state index contributed by atoms with van der Waals surface area (Å²) in [6, 6.07) is 6.17. The first-order valence-corrected chi connectivity index (χ1v) is 8.01. The quantitative estimate of drug-likeness (QED) is 0.824. The van der Waals surface area contributed by atoms with E-state index in [4.69, 9.17) is 9.47 Å². The first-order valence-electron chi connectivity index (χ1n) is 7.21. The van der Waals surface area contributed by atoms with Gasteiger partial charge in [-0.05, 0) is 30.3 Å². The number of hydrogen-bond acceptors (Lipinski definition) is 4. The van der Waals surface area contributed by atoms with Crippen molar-refractivity contribution in [2.45, 2.75) is 13.5 Å². The van der Waals surface area contributed by atoms with Crippen LogP contribution in [0.15, 0.2) is 22.7 Å². The van der Waals surface area contributed by atoms with Crippen molar-refractivity contribution in [1.29, 1.82) is 0 Å². The maximum absolute atomic E-state index is 5.85. The molecule has 1 N–H and O–H groups in total. The van der Waals surface area contributed by atoms with Gasteiger partial charge in [-0.2, -0.15) is 0 Å². The zero-order chi connectivity index (χ0) is 14.2. The number of hydrogen-bond donors (Lipinski definition) is 1. The molecule has 0 unspecified atom stereocenters. The molecule has 1 aliphatic heterocycles. The maximum atomic E-state index is 5.85. The van der Waals surface area contributed by atoms with Crippen molar-refractivity contribution in [1.82, 2.24) is 10.2 Å². The van der Waals surface area contributed by atoms with E-state index in [0.717, 1.165) is 62.8 Å². The van der Waals surface area contributed by atoms with Gasteiger partial charge in [0.15, 0.2) is 0 Å². The lowest BCUT2D eigenvalue weighted by molar-refractivity contribution is 0.0322. The van der Waals surface area contributed by atoms with E-state index in [-0.39, 0.29) is 0 Å². The summed E-state index contributed by atoms with van der Waals surface area (Å²) in [6.07, 6.45) is 0. The summed E-state index contributed by atoms with van der Waals surface area (Å²) in [4.78, 5) is 2.38. The van der Waals surface area contributed by atoms with Crippen LogP contribution >= 0.6 is 15.9 Å². The van der Waals surface area contributed by atoms with Crippen LogP contribution in [-0.2, 0) is 11.3 Å². The second-order valence-electron chi connectivity index (χ2n) is 4.84. The molecule has 5 heteroatoms. The predicted octanol–water partition coefficient (Wildman–Crippen LogP) is 2.27. The van der Waals surface area contributed by atoms with Crippen molar-refractivity contribution in [2.75, 3.05) is 46.0 Å². The molecule has 0 bridgehead atoms. The lowest BCUT2D eigenvalue weighted by atomic mass is 10.2. The molecular weight excluding hydrogens is 320 g/mol. The zero-order valence-corrected chi connectivity index (χ0v) is 13.6. The fourth-order valence-electron chi connectivity index (χ4n) is 2.15. The molecule has 20 heavy (non-hydrogen) atoms. The van der Waals surface area contributed by atoms with Crippen LogP contribution in [0.5, 0.6) is 5.75 Å². The summed E-state index contributed by atoms with van der Waals surface area (Å²) in [5.74, 6) is 0.939. The highest BCUT2D eigenvalue weighted by atomic mass is 79.9. The molecule has 0 radical (unpaired) electrons. The van der Waals surface area contributed by atoms with E-state index in [2.05, 4.69) is 45.2 Å². The molecule has 0 saturated carbocycles. The third-order valence-electron chi connectivity index (χ3n) is 3.36. The highest BCUT2D eigenvalue weighted by Crippen LogP contribution is 2.22. The van der Waals surface area contributed by atoms with Crippen molar-refractivity contribution in [3.05, 3.63) is 28.2 Å². The van der Waals surface area contributed by atoms with E-state index in [0.29, 0.717) is 0 Å². The molecule has 1 fully saturated rings. The lowest BCUT2D eigenvalue weighted by Gasteiger charge is -2.26. The largest absolute Gasteiger partial charge is 0.492 e. The summed E-state index contributed by atoms with van der Waals surface area (Å²) in [5.41, 5.74) is 1.23. The van der Waals surface area contributed by atoms with Gasteiger partial charge in [0.25, 0.3) is 0 Å². The van der Waals surface area contributed by atoms with Crippen molar-refractivity contribution >= 4 is 15.9 Å². The minimum Gasteiger partial charge on any atom is -0.492 e. The van der Waals surface area contributed by atoms with E-state index < -0.39 is 0 Å². The molecule has 0 atom stereocenters. The number of rotatable bonds is 7. The number of ether oxygens (including phenoxy) is 2. The number of nitrogens with zero attached hydrogens (tertiary/aromatic N) is 1. The molecule has 0 amide bonds. The highest BCUT2D eigenvalue weighted by molar-refractivity contribution is 9.10. The predicted molar refractivity (Wildman–Crippen MR) is 84.3 cm³/mol. The minimum absolute atomic E-state index is 0.724. The third kappa shape index (κ3) is 5.05. The average Bonchev–Trinajstić information content (AvgIpc) is 2.49. The standard InChI is InChI=1S/C15H23BrN2O2/c1-2-17-12-13-11-14(3-4-15(13)16)20-10-7-18-5-8-19-9-6-18/h3-4,11,17H,2,5-10,12H2,1H3. The molecule has 1 aliphatic rings. The van der Waals surface area contributed by atoms with E-state index >= 15 is 0 Å². The summed E-state index contributed by atoms with van der Waals surface area (Å²) in [7, 11) is 0. The molecule has 1 aromatic carbocycles. The van der Waals surface area contributed by atoms with Crippen LogP contribution in [0, 0.1) is 0 Å². The molecule has 1 heterocycles. The minimum atomic E-state index is 0.724. The van der Waals surface area contributed by atoms with Gasteiger partial charge in [-0.15, -0.1) is 0 Å². The lowest BCUT2D eigenvalue weighted by Crippen LogP contribution is -2.38. The monoisotopic (exact) mass is 342 g/mol. The van der Waals surface area contributed by atoms with Gasteiger partial charge in [-0.25, -0.2) is 0 Å². The normalized spacial score (nSPS) is 16.3. The number of benzene rings is 1. The Balaban J connectivity index is 1.79. The van der Waals surface area contributed by atoms with Gasteiger partial charge in [0.1, 0.15) is 12.4 Å². The van der Waals surface area contributed by atoms with Gasteiger partial charge in [0.2, 0.25) is 0 Å². The Hall–Kier alpha value is -0.620. The van der Waals surface area contributed by atoms with E-state index in [1.807, 2.05) is 6.07 Å². The first-order chi connectivity index (χ1) is 9.79. The van der Waals surface area contributed by atoms with Crippen LogP contribution in [0.3, 0.4) is 0 Å². The smallest absolute Gasteiger partial charge is 0.119 e. The summed E-state index contributed by atoms with van der Waals surface area (Å²) >= 11 is 3.57. The van der Waals surface area contributed by atoms with Crippen LogP contribution in [0.4, 0.5) is 0 Å². The number of morpholine rings is 1. The molecule has 1 aromatic rings. The Bertz CT molecular complexity index is 409. The number of halogens is 1. The van der Waals surface area contributed by atoms with Gasteiger partial charge in [-0.1, -0.05) is 22.9 Å². The van der Waals surface area contributed by atoms with Crippen molar-refractivity contribution in [3.8, 4) is 5.75 Å². The van der Waals surface area contributed by atoms with Crippen LogP contribution in [-0.4, -0.2) is 50.9 Å². The fraction of sp³-hybridized carbons (Fsp3) is 0.600. The Labute approximate surface area is 129 Å². The highest BCUT2D eigenvalue weighted by Gasteiger charge is 2.10. The Kier molecular flexibility index (Phi) is 6.79. The van der Waals surface area contributed by atoms with Crippen LogP contribution in [0.2, 0.25) is 0 Å². The van der Waals surface area contributed by atoms with Gasteiger partial charge in [-0.3, -0.25) is 4.90 Å². The first kappa shape index (κ1) is 15.8. The molecule has 2 rings (SSSR count). The van der Waals surface area contributed by atoms with Crippen molar-refractivity contribution < 1.29 is 9.47 Å². The van der Waals surface area contributed by atoms with Gasteiger partial charge >= 0.3 is 0 Å². The summed E-state index contributed by atoms with van der Waals surface area (Å²) < 4.78 is 12.3. The second-order valence-corrected chi connectivity index (χ2v) is 5.69. The molecule has 4 nitrogen and oxygen atoms in total. The maximum Gasteiger partial charge on any atom is 0.119 e. The van der Waals surface area contributed by atoms with Crippen molar-refractivity contribution in [2.24, 2.45) is 0 Å². The second kappa shape index (κ2) is 8.62. The molecule has 112 valence electrons. The molecule has 0 aliphatic carbocycles. The Morgan fingerprint density at radius 1 is 1.35 bits per heavy atom. The van der Waals surface area contributed by atoms with E-state index in [1.165, 1.54) is 5.56 Å². The van der Waals surface area contributed by atoms with Gasteiger partial charge < -0.3 is 14.8 Å². The fourth-order valence-corrected chi connectivity index (χ4v) is 2.54. The topological polar surface area (TPSA) is 33.7 Å².